The number of esters is 2. The molecule has 0 aromatic carbocycles. The van der Waals surface area contributed by atoms with Crippen molar-refractivity contribution in [3.63, 3.8) is 0 Å². The van der Waals surface area contributed by atoms with Crippen LogP contribution in [0.2, 0.25) is 0 Å². The summed E-state index contributed by atoms with van der Waals surface area (Å²) < 4.78 is 10.6. The molecule has 6 heteroatoms. The van der Waals surface area contributed by atoms with Gasteiger partial charge in [0.25, 0.3) is 0 Å². The Kier molecular flexibility index (Phi) is 7.75. The second-order valence-corrected chi connectivity index (χ2v) is 11.8. The smallest absolute Gasteiger partial charge is 0.302 e. The maximum atomic E-state index is 13.2. The molecule has 0 N–H and O–H groups in total. The molecule has 3 aliphatic carbocycles. The lowest BCUT2D eigenvalue weighted by molar-refractivity contribution is -0.155. The fraction of sp³-hybridized carbons (Fsp3) is 0.852. The Labute approximate surface area is 198 Å². The highest BCUT2D eigenvalue weighted by Gasteiger charge is 2.61. The monoisotopic (exact) mass is 462 g/mol. The van der Waals surface area contributed by atoms with Crippen molar-refractivity contribution in [2.45, 2.75) is 99.0 Å². The van der Waals surface area contributed by atoms with E-state index in [1.54, 1.807) is 0 Å². The molecular weight excluding hydrogens is 420 g/mol. The summed E-state index contributed by atoms with van der Waals surface area (Å²) in [6, 6.07) is 0. The van der Waals surface area contributed by atoms with E-state index in [-0.39, 0.29) is 58.2 Å². The number of carbonyl (C=O) groups is 4. The van der Waals surface area contributed by atoms with Gasteiger partial charge >= 0.3 is 11.9 Å². The summed E-state index contributed by atoms with van der Waals surface area (Å²) in [5, 5.41) is 0. The van der Waals surface area contributed by atoms with Crippen molar-refractivity contribution in [1.82, 2.24) is 0 Å². The molecule has 0 bridgehead atoms. The van der Waals surface area contributed by atoms with Crippen LogP contribution in [0.5, 0.6) is 0 Å². The van der Waals surface area contributed by atoms with Crippen molar-refractivity contribution in [2.75, 3.05) is 6.61 Å². The number of ketones is 2. The van der Waals surface area contributed by atoms with Crippen LogP contribution in [0.15, 0.2) is 0 Å². The lowest BCUT2D eigenvalue weighted by atomic mass is 9.48. The van der Waals surface area contributed by atoms with Crippen LogP contribution in [0, 0.1) is 40.4 Å². The number of ether oxygens (including phenoxy) is 2. The van der Waals surface area contributed by atoms with Gasteiger partial charge in [0.2, 0.25) is 0 Å². The predicted molar refractivity (Wildman–Crippen MR) is 124 cm³/mol. The van der Waals surface area contributed by atoms with Gasteiger partial charge in [0.1, 0.15) is 17.7 Å². The molecule has 0 radical (unpaired) electrons. The minimum absolute atomic E-state index is 0.00712. The van der Waals surface area contributed by atoms with E-state index in [1.165, 1.54) is 13.8 Å². The molecule has 0 spiro atoms. The fourth-order valence-electron chi connectivity index (χ4n) is 7.41. The average molecular weight is 463 g/mol. The molecule has 3 fully saturated rings. The maximum Gasteiger partial charge on any atom is 0.302 e. The standard InChI is InChI=1S/C27H42O6/c1-16(14-32-18(3)28)7-8-23(30)17(2)25-24(31)13-21-11-20-12-22(33-19(4)29)9-10-26(20,5)15-27(21,25)6/h16-17,20-22,25H,7-15H2,1-6H3. The maximum absolute atomic E-state index is 13.2. The molecule has 33 heavy (non-hydrogen) atoms. The molecule has 6 nitrogen and oxygen atoms in total. The average Bonchev–Trinajstić information content (AvgIpc) is 2.96. The third-order valence-electron chi connectivity index (χ3n) is 9.16. The third-order valence-corrected chi connectivity index (χ3v) is 9.16. The van der Waals surface area contributed by atoms with Gasteiger partial charge in [0, 0.05) is 38.5 Å². The van der Waals surface area contributed by atoms with Crippen LogP contribution in [-0.4, -0.2) is 36.2 Å². The molecule has 8 atom stereocenters. The number of fused-ring (bicyclic) bond motifs is 2. The van der Waals surface area contributed by atoms with Crippen molar-refractivity contribution in [2.24, 2.45) is 40.4 Å². The van der Waals surface area contributed by atoms with E-state index >= 15 is 0 Å². The lowest BCUT2D eigenvalue weighted by Crippen LogP contribution is -2.50. The highest BCUT2D eigenvalue weighted by atomic mass is 16.5. The molecule has 0 aromatic heterocycles. The topological polar surface area (TPSA) is 86.7 Å². The zero-order chi connectivity index (χ0) is 24.6. The summed E-state index contributed by atoms with van der Waals surface area (Å²) in [5.74, 6) is 0.238. The summed E-state index contributed by atoms with van der Waals surface area (Å²) in [5.41, 5.74) is -0.0406. The predicted octanol–water partition coefficient (Wildman–Crippen LogP) is 4.91. The van der Waals surface area contributed by atoms with Gasteiger partial charge in [-0.2, -0.15) is 0 Å². The van der Waals surface area contributed by atoms with Gasteiger partial charge in [-0.05, 0) is 67.1 Å². The fourth-order valence-corrected chi connectivity index (χ4v) is 7.41. The first kappa shape index (κ1) is 25.9. The molecule has 0 saturated heterocycles. The zero-order valence-corrected chi connectivity index (χ0v) is 21.3. The lowest BCUT2D eigenvalue weighted by Gasteiger charge is -2.56. The zero-order valence-electron chi connectivity index (χ0n) is 21.3. The van der Waals surface area contributed by atoms with Crippen molar-refractivity contribution < 1.29 is 28.7 Å². The van der Waals surface area contributed by atoms with Crippen LogP contribution in [0.3, 0.4) is 0 Å². The third kappa shape index (κ3) is 5.51. The Morgan fingerprint density at radius 3 is 2.39 bits per heavy atom. The quantitative estimate of drug-likeness (QED) is 0.476. The van der Waals surface area contributed by atoms with Crippen molar-refractivity contribution in [3.05, 3.63) is 0 Å². The highest BCUT2D eigenvalue weighted by Crippen LogP contribution is 2.65. The van der Waals surface area contributed by atoms with E-state index in [0.29, 0.717) is 37.7 Å². The van der Waals surface area contributed by atoms with Gasteiger partial charge in [-0.15, -0.1) is 0 Å². The molecule has 3 rings (SSSR count). The normalized spacial score (nSPS) is 37.5. The van der Waals surface area contributed by atoms with E-state index in [0.717, 1.165) is 32.1 Å². The number of rotatable bonds is 8. The molecular formula is C27H42O6. The summed E-state index contributed by atoms with van der Waals surface area (Å²) >= 11 is 0. The van der Waals surface area contributed by atoms with Gasteiger partial charge in [0.05, 0.1) is 6.61 Å². The van der Waals surface area contributed by atoms with Crippen LogP contribution in [-0.2, 0) is 28.7 Å². The summed E-state index contributed by atoms with van der Waals surface area (Å²) in [6.07, 6.45) is 6.32. The molecule has 3 saturated carbocycles. The molecule has 0 heterocycles. The van der Waals surface area contributed by atoms with E-state index in [1.807, 2.05) is 13.8 Å². The van der Waals surface area contributed by atoms with E-state index in [4.69, 9.17) is 9.47 Å². The highest BCUT2D eigenvalue weighted by molar-refractivity contribution is 5.92. The number of carbonyl (C=O) groups excluding carboxylic acids is 4. The first-order valence-corrected chi connectivity index (χ1v) is 12.7. The number of hydrogen-bond acceptors (Lipinski definition) is 6. The van der Waals surface area contributed by atoms with E-state index in [9.17, 15) is 19.2 Å². The van der Waals surface area contributed by atoms with Crippen LogP contribution >= 0.6 is 0 Å². The van der Waals surface area contributed by atoms with Crippen LogP contribution in [0.25, 0.3) is 0 Å². The minimum atomic E-state index is -0.303. The number of Topliss-reactive ketones (excluding diaryl/α,β-unsaturated/α-hetero) is 2. The Hall–Kier alpha value is -1.72. The second kappa shape index (κ2) is 9.87. The van der Waals surface area contributed by atoms with Crippen LogP contribution in [0.1, 0.15) is 92.9 Å². The Morgan fingerprint density at radius 2 is 1.76 bits per heavy atom. The van der Waals surface area contributed by atoms with Gasteiger partial charge < -0.3 is 9.47 Å². The molecule has 0 aliphatic heterocycles. The van der Waals surface area contributed by atoms with E-state index < -0.39 is 0 Å². The Balaban J connectivity index is 1.67. The first-order valence-electron chi connectivity index (χ1n) is 12.7. The SMILES string of the molecule is CC(=O)OCC(C)CCC(=O)C(C)C1C(=O)CC2CC3CC(OC(C)=O)CCC3(C)CC21C. The Bertz CT molecular complexity index is 789. The minimum Gasteiger partial charge on any atom is -0.466 e. The first-order chi connectivity index (χ1) is 15.4. The number of hydrogen-bond donors (Lipinski definition) is 0. The van der Waals surface area contributed by atoms with Crippen molar-refractivity contribution >= 4 is 23.5 Å². The molecule has 3 aliphatic rings. The second-order valence-electron chi connectivity index (χ2n) is 11.8. The summed E-state index contributed by atoms with van der Waals surface area (Å²) in [7, 11) is 0. The van der Waals surface area contributed by atoms with Crippen LogP contribution < -0.4 is 0 Å². The largest absolute Gasteiger partial charge is 0.466 e. The molecule has 0 amide bonds. The van der Waals surface area contributed by atoms with Gasteiger partial charge in [-0.1, -0.05) is 27.7 Å². The Morgan fingerprint density at radius 1 is 1.06 bits per heavy atom. The van der Waals surface area contributed by atoms with Gasteiger partial charge in [-0.3, -0.25) is 19.2 Å². The molecule has 0 aromatic rings. The van der Waals surface area contributed by atoms with Gasteiger partial charge in [-0.25, -0.2) is 0 Å². The van der Waals surface area contributed by atoms with Gasteiger partial charge in [0.15, 0.2) is 0 Å². The van der Waals surface area contributed by atoms with Crippen LogP contribution in [0.4, 0.5) is 0 Å². The van der Waals surface area contributed by atoms with Crippen molar-refractivity contribution in [1.29, 1.82) is 0 Å². The van der Waals surface area contributed by atoms with E-state index in [2.05, 4.69) is 13.8 Å². The molecule has 186 valence electrons. The molecule has 8 unspecified atom stereocenters. The van der Waals surface area contributed by atoms with Crippen molar-refractivity contribution in [3.8, 4) is 0 Å². The summed E-state index contributed by atoms with van der Waals surface area (Å²) in [6.45, 7) is 11.7. The summed E-state index contributed by atoms with van der Waals surface area (Å²) in [4.78, 5) is 48.9.